The summed E-state index contributed by atoms with van der Waals surface area (Å²) in [7, 11) is 0. The summed E-state index contributed by atoms with van der Waals surface area (Å²) in [5.74, 6) is -0.770. The molecule has 20 heavy (non-hydrogen) atoms. The molecular formula is C14H18N2O2S2. The van der Waals surface area contributed by atoms with Crippen molar-refractivity contribution in [3.05, 3.63) is 34.3 Å². The van der Waals surface area contributed by atoms with Gasteiger partial charge in [-0.15, -0.1) is 11.3 Å². The normalized spacial score (nSPS) is 12.5. The first-order chi connectivity index (χ1) is 9.67. The van der Waals surface area contributed by atoms with E-state index >= 15 is 0 Å². The fraction of sp³-hybridized carbons (Fsp3) is 0.429. The zero-order chi connectivity index (χ0) is 14.5. The Bertz CT molecular complexity index is 564. The molecule has 0 spiro atoms. The largest absolute Gasteiger partial charge is 0.481 e. The van der Waals surface area contributed by atoms with Crippen LogP contribution in [-0.2, 0) is 11.2 Å². The van der Waals surface area contributed by atoms with Gasteiger partial charge in [0.25, 0.3) is 0 Å². The number of carboxylic acid groups (broad SMARTS) is 1. The molecule has 1 N–H and O–H groups in total. The molecular weight excluding hydrogens is 292 g/mol. The van der Waals surface area contributed by atoms with Crippen LogP contribution in [0.4, 0.5) is 0 Å². The van der Waals surface area contributed by atoms with Crippen LogP contribution in [0.15, 0.2) is 28.9 Å². The maximum atomic E-state index is 10.8. The number of imidazole rings is 1. The van der Waals surface area contributed by atoms with Gasteiger partial charge in [0, 0.05) is 16.8 Å². The smallest absolute Gasteiger partial charge is 0.313 e. The monoisotopic (exact) mass is 310 g/mol. The first-order valence-corrected chi connectivity index (χ1v) is 8.48. The highest BCUT2D eigenvalue weighted by atomic mass is 32.2. The highest BCUT2D eigenvalue weighted by molar-refractivity contribution is 7.99. The van der Waals surface area contributed by atoms with E-state index in [1.54, 1.807) is 11.3 Å². The van der Waals surface area contributed by atoms with E-state index in [9.17, 15) is 4.79 Å². The molecule has 2 aromatic rings. The number of aromatic nitrogens is 2. The van der Waals surface area contributed by atoms with E-state index in [1.807, 2.05) is 6.20 Å². The van der Waals surface area contributed by atoms with E-state index < -0.39 is 5.97 Å². The second kappa shape index (κ2) is 6.95. The molecule has 0 aromatic carbocycles. The summed E-state index contributed by atoms with van der Waals surface area (Å²) >= 11 is 3.02. The van der Waals surface area contributed by atoms with Crippen LogP contribution in [0.1, 0.15) is 36.9 Å². The molecule has 2 heterocycles. The summed E-state index contributed by atoms with van der Waals surface area (Å²) in [5.41, 5.74) is 1.15. The van der Waals surface area contributed by atoms with E-state index in [2.05, 4.69) is 40.9 Å². The van der Waals surface area contributed by atoms with Gasteiger partial charge >= 0.3 is 5.97 Å². The van der Waals surface area contributed by atoms with Crippen molar-refractivity contribution >= 4 is 29.1 Å². The number of aryl methyl sites for hydroxylation is 1. The van der Waals surface area contributed by atoms with Gasteiger partial charge < -0.3 is 9.67 Å². The van der Waals surface area contributed by atoms with E-state index in [0.29, 0.717) is 0 Å². The molecule has 0 fully saturated rings. The van der Waals surface area contributed by atoms with Crippen LogP contribution in [0.25, 0.3) is 0 Å². The molecule has 0 aliphatic carbocycles. The van der Waals surface area contributed by atoms with E-state index in [0.717, 1.165) is 23.7 Å². The van der Waals surface area contributed by atoms with Crippen LogP contribution in [0.3, 0.4) is 0 Å². The van der Waals surface area contributed by atoms with Crippen molar-refractivity contribution in [2.24, 2.45) is 0 Å². The van der Waals surface area contributed by atoms with Crippen molar-refractivity contribution in [1.29, 1.82) is 0 Å². The highest BCUT2D eigenvalue weighted by Gasteiger charge is 2.20. The number of thioether (sulfide) groups is 1. The summed E-state index contributed by atoms with van der Waals surface area (Å²) < 4.78 is 2.19. The van der Waals surface area contributed by atoms with Gasteiger partial charge in [-0.2, -0.15) is 0 Å². The first kappa shape index (κ1) is 15.1. The Kier molecular flexibility index (Phi) is 5.25. The molecule has 0 saturated heterocycles. The maximum Gasteiger partial charge on any atom is 0.313 e. The lowest BCUT2D eigenvalue weighted by Gasteiger charge is -2.20. The Hall–Kier alpha value is -1.27. The van der Waals surface area contributed by atoms with Gasteiger partial charge in [-0.3, -0.25) is 4.79 Å². The maximum absolute atomic E-state index is 10.8. The average Bonchev–Trinajstić information content (AvgIpc) is 3.07. The lowest BCUT2D eigenvalue weighted by atomic mass is 10.1. The van der Waals surface area contributed by atoms with Crippen LogP contribution in [0.2, 0.25) is 0 Å². The zero-order valence-electron chi connectivity index (χ0n) is 11.6. The van der Waals surface area contributed by atoms with Crippen LogP contribution in [0.5, 0.6) is 0 Å². The molecule has 1 unspecified atom stereocenters. The van der Waals surface area contributed by atoms with Crippen LogP contribution in [-0.4, -0.2) is 26.4 Å². The first-order valence-electron chi connectivity index (χ1n) is 6.61. The molecule has 4 nitrogen and oxygen atoms in total. The Labute approximate surface area is 126 Å². The highest BCUT2D eigenvalue weighted by Crippen LogP contribution is 2.32. The fourth-order valence-electron chi connectivity index (χ4n) is 2.20. The third kappa shape index (κ3) is 3.24. The minimum atomic E-state index is -0.813. The second-order valence-electron chi connectivity index (χ2n) is 4.38. The van der Waals surface area contributed by atoms with Gasteiger partial charge in [-0.05, 0) is 24.3 Å². The molecule has 2 rings (SSSR count). The topological polar surface area (TPSA) is 55.1 Å². The summed E-state index contributed by atoms with van der Waals surface area (Å²) in [6.07, 6.45) is 3.72. The van der Waals surface area contributed by atoms with Crippen LogP contribution < -0.4 is 0 Å². The van der Waals surface area contributed by atoms with E-state index in [4.69, 9.17) is 5.11 Å². The summed E-state index contributed by atoms with van der Waals surface area (Å²) in [6.45, 7) is 4.25. The zero-order valence-corrected chi connectivity index (χ0v) is 13.2. The van der Waals surface area contributed by atoms with Crippen molar-refractivity contribution in [2.75, 3.05) is 5.75 Å². The van der Waals surface area contributed by atoms with Crippen molar-refractivity contribution in [3.63, 3.8) is 0 Å². The van der Waals surface area contributed by atoms with Gasteiger partial charge in [0.05, 0.1) is 11.8 Å². The SMILES string of the molecule is CCc1cnc(SCC(=O)O)n1C(CC)c1cccs1. The quantitative estimate of drug-likeness (QED) is 0.793. The number of carboxylic acids is 1. The number of hydrogen-bond donors (Lipinski definition) is 1. The molecule has 6 heteroatoms. The number of nitrogens with zero attached hydrogens (tertiary/aromatic N) is 2. The molecule has 1 atom stereocenters. The van der Waals surface area contributed by atoms with Gasteiger partial charge in [-0.25, -0.2) is 4.98 Å². The molecule has 0 aliphatic rings. The Morgan fingerprint density at radius 1 is 1.55 bits per heavy atom. The molecule has 108 valence electrons. The van der Waals surface area contributed by atoms with E-state index in [-0.39, 0.29) is 11.8 Å². The summed E-state index contributed by atoms with van der Waals surface area (Å²) in [4.78, 5) is 16.5. The van der Waals surface area contributed by atoms with Crippen molar-refractivity contribution < 1.29 is 9.90 Å². The van der Waals surface area contributed by atoms with Crippen molar-refractivity contribution in [1.82, 2.24) is 9.55 Å². The lowest BCUT2D eigenvalue weighted by Crippen LogP contribution is -2.13. The van der Waals surface area contributed by atoms with Crippen molar-refractivity contribution in [3.8, 4) is 0 Å². The number of hydrogen-bond acceptors (Lipinski definition) is 4. The average molecular weight is 310 g/mol. The molecule has 0 amide bonds. The molecule has 0 radical (unpaired) electrons. The van der Waals surface area contributed by atoms with Gasteiger partial charge in [0.15, 0.2) is 5.16 Å². The molecule has 0 aliphatic heterocycles. The Balaban J connectivity index is 2.36. The number of thiophene rings is 1. The van der Waals surface area contributed by atoms with Gasteiger partial charge in [0.1, 0.15) is 0 Å². The Morgan fingerprint density at radius 3 is 2.90 bits per heavy atom. The van der Waals surface area contributed by atoms with Crippen LogP contribution >= 0.6 is 23.1 Å². The minimum Gasteiger partial charge on any atom is -0.481 e. The minimum absolute atomic E-state index is 0.0427. The number of aliphatic carboxylic acids is 1. The molecule has 0 bridgehead atoms. The van der Waals surface area contributed by atoms with Gasteiger partial charge in [0.2, 0.25) is 0 Å². The molecule has 0 saturated carbocycles. The fourth-order valence-corrected chi connectivity index (χ4v) is 3.86. The summed E-state index contributed by atoms with van der Waals surface area (Å²) in [6, 6.07) is 4.42. The third-order valence-electron chi connectivity index (χ3n) is 3.10. The third-order valence-corrected chi connectivity index (χ3v) is 5.02. The van der Waals surface area contributed by atoms with Crippen LogP contribution in [0, 0.1) is 0 Å². The van der Waals surface area contributed by atoms with Crippen molar-refractivity contribution in [2.45, 2.75) is 37.9 Å². The number of rotatable bonds is 7. The predicted octanol–water partition coefficient (Wildman–Crippen LogP) is 3.68. The lowest BCUT2D eigenvalue weighted by molar-refractivity contribution is -0.133. The summed E-state index contributed by atoms with van der Waals surface area (Å²) in [5, 5.41) is 11.7. The number of carbonyl (C=O) groups is 1. The molecule has 2 aromatic heterocycles. The predicted molar refractivity (Wildman–Crippen MR) is 82.7 cm³/mol. The standard InChI is InChI=1S/C14H18N2O2S2/c1-3-10-8-15-14(20-9-13(17)18)16(10)11(4-2)12-6-5-7-19-12/h5-8,11H,3-4,9H2,1-2H3,(H,17,18). The second-order valence-corrected chi connectivity index (χ2v) is 6.30. The Morgan fingerprint density at radius 2 is 2.35 bits per heavy atom. The van der Waals surface area contributed by atoms with E-state index in [1.165, 1.54) is 16.6 Å². The van der Waals surface area contributed by atoms with Gasteiger partial charge in [-0.1, -0.05) is 31.7 Å².